The summed E-state index contributed by atoms with van der Waals surface area (Å²) < 4.78 is 1.60. The van der Waals surface area contributed by atoms with Gasteiger partial charge in [-0.2, -0.15) is 0 Å². The number of aryl methyl sites for hydroxylation is 1. The minimum Gasteiger partial charge on any atom is -0.478 e. The Labute approximate surface area is 180 Å². The molecule has 0 unspecified atom stereocenters. The highest BCUT2D eigenvalue weighted by molar-refractivity contribution is 6.03. The molecule has 3 aromatic carbocycles. The summed E-state index contributed by atoms with van der Waals surface area (Å²) in [7, 11) is 1.77. The van der Waals surface area contributed by atoms with Crippen LogP contribution in [0.15, 0.2) is 60.7 Å². The topological polar surface area (TPSA) is 71.2 Å². The van der Waals surface area contributed by atoms with E-state index < -0.39 is 5.97 Å². The van der Waals surface area contributed by atoms with Gasteiger partial charge in [-0.3, -0.25) is 4.90 Å². The van der Waals surface area contributed by atoms with Crippen molar-refractivity contribution >= 4 is 17.0 Å². The van der Waals surface area contributed by atoms with Crippen molar-refractivity contribution in [2.45, 2.75) is 19.4 Å². The molecule has 0 spiro atoms. The van der Waals surface area contributed by atoms with Crippen molar-refractivity contribution in [2.24, 2.45) is 7.05 Å². The van der Waals surface area contributed by atoms with E-state index in [1.54, 1.807) is 17.8 Å². The first-order chi connectivity index (χ1) is 15.1. The van der Waals surface area contributed by atoms with Crippen LogP contribution in [-0.2, 0) is 13.6 Å². The molecule has 0 atom stereocenters. The van der Waals surface area contributed by atoms with Gasteiger partial charge in [0, 0.05) is 13.6 Å². The standard InChI is InChI=1S/C25H24N4O2/c1-28-23-15-21(14-22(25(30)31)24(23)26-27-28)19-9-7-18(8-10-19)20-6-4-5-17(13-20)16-29-11-2-3-12-29/h4-10,13-15H,2-3,11-12,16H2,1H3,(H,30,31). The van der Waals surface area contributed by atoms with Crippen LogP contribution in [0.1, 0.15) is 28.8 Å². The van der Waals surface area contributed by atoms with Gasteiger partial charge in [0.05, 0.1) is 11.1 Å². The van der Waals surface area contributed by atoms with Crippen LogP contribution in [0.5, 0.6) is 0 Å². The summed E-state index contributed by atoms with van der Waals surface area (Å²) in [6.45, 7) is 3.38. The Bertz CT molecular complexity index is 1250. The van der Waals surface area contributed by atoms with Crippen LogP contribution in [0.25, 0.3) is 33.3 Å². The van der Waals surface area contributed by atoms with Crippen molar-refractivity contribution in [3.63, 3.8) is 0 Å². The van der Waals surface area contributed by atoms with E-state index >= 15 is 0 Å². The lowest BCUT2D eigenvalue weighted by atomic mass is 9.97. The van der Waals surface area contributed by atoms with Crippen LogP contribution < -0.4 is 0 Å². The predicted octanol–water partition coefficient (Wildman–Crippen LogP) is 4.60. The lowest BCUT2D eigenvalue weighted by Crippen LogP contribution is -2.18. The van der Waals surface area contributed by atoms with Crippen molar-refractivity contribution in [1.29, 1.82) is 0 Å². The number of hydrogen-bond donors (Lipinski definition) is 1. The van der Waals surface area contributed by atoms with Gasteiger partial charge >= 0.3 is 5.97 Å². The molecule has 4 aromatic rings. The highest BCUT2D eigenvalue weighted by Crippen LogP contribution is 2.29. The summed E-state index contributed by atoms with van der Waals surface area (Å²) in [4.78, 5) is 14.2. The smallest absolute Gasteiger partial charge is 0.338 e. The molecule has 1 aliphatic heterocycles. The lowest BCUT2D eigenvalue weighted by molar-refractivity contribution is 0.0699. The molecule has 0 amide bonds. The Kier molecular flexibility index (Phi) is 5.00. The van der Waals surface area contributed by atoms with E-state index in [1.807, 2.05) is 18.2 Å². The number of aromatic carboxylic acids is 1. The third kappa shape index (κ3) is 3.82. The fraction of sp³-hybridized carbons (Fsp3) is 0.240. The zero-order chi connectivity index (χ0) is 21.4. The first kappa shape index (κ1) is 19.5. The summed E-state index contributed by atoms with van der Waals surface area (Å²) >= 11 is 0. The van der Waals surface area contributed by atoms with E-state index in [-0.39, 0.29) is 5.56 Å². The normalized spacial score (nSPS) is 14.4. The largest absolute Gasteiger partial charge is 0.478 e. The van der Waals surface area contributed by atoms with Gasteiger partial charge in [-0.15, -0.1) is 5.10 Å². The molecule has 1 aliphatic rings. The number of likely N-dealkylation sites (tertiary alicyclic amines) is 1. The van der Waals surface area contributed by atoms with E-state index in [0.717, 1.165) is 23.2 Å². The maximum Gasteiger partial charge on any atom is 0.338 e. The fourth-order valence-corrected chi connectivity index (χ4v) is 4.36. The van der Waals surface area contributed by atoms with Crippen molar-refractivity contribution in [3.05, 3.63) is 71.8 Å². The Morgan fingerprint density at radius 2 is 1.65 bits per heavy atom. The molecule has 156 valence electrons. The number of carboxylic acid groups (broad SMARTS) is 1. The molecular formula is C25H24N4O2. The monoisotopic (exact) mass is 412 g/mol. The summed E-state index contributed by atoms with van der Waals surface area (Å²) in [6.07, 6.45) is 2.59. The van der Waals surface area contributed by atoms with Gasteiger partial charge in [-0.25, -0.2) is 9.48 Å². The summed E-state index contributed by atoms with van der Waals surface area (Å²) in [5, 5.41) is 17.6. The Hall–Kier alpha value is -3.51. The third-order valence-electron chi connectivity index (χ3n) is 6.03. The molecule has 1 N–H and O–H groups in total. The van der Waals surface area contributed by atoms with Gasteiger partial charge in [-0.1, -0.05) is 47.7 Å². The van der Waals surface area contributed by atoms with Crippen molar-refractivity contribution in [3.8, 4) is 22.3 Å². The van der Waals surface area contributed by atoms with E-state index in [1.165, 1.54) is 37.1 Å². The number of fused-ring (bicyclic) bond motifs is 1. The lowest BCUT2D eigenvalue weighted by Gasteiger charge is -2.15. The molecule has 0 radical (unpaired) electrons. The number of aromatic nitrogens is 3. The average Bonchev–Trinajstić information content (AvgIpc) is 3.43. The highest BCUT2D eigenvalue weighted by Gasteiger charge is 2.16. The first-order valence-electron chi connectivity index (χ1n) is 10.6. The van der Waals surface area contributed by atoms with Gasteiger partial charge < -0.3 is 5.11 Å². The molecule has 1 fully saturated rings. The zero-order valence-corrected chi connectivity index (χ0v) is 17.5. The Morgan fingerprint density at radius 1 is 0.935 bits per heavy atom. The number of nitrogens with zero attached hydrogens (tertiary/aromatic N) is 4. The maximum atomic E-state index is 11.7. The molecule has 6 nitrogen and oxygen atoms in total. The van der Waals surface area contributed by atoms with Crippen LogP contribution >= 0.6 is 0 Å². The van der Waals surface area contributed by atoms with Crippen LogP contribution in [0.4, 0.5) is 0 Å². The molecule has 6 heteroatoms. The molecule has 0 bridgehead atoms. The number of carbonyl (C=O) groups is 1. The number of rotatable bonds is 5. The van der Waals surface area contributed by atoms with E-state index in [9.17, 15) is 9.90 Å². The predicted molar refractivity (Wildman–Crippen MR) is 121 cm³/mol. The number of benzene rings is 3. The SMILES string of the molecule is Cn1nnc2c(C(=O)O)cc(-c3ccc(-c4cccc(CN5CCCC5)c4)cc3)cc21. The second-order valence-electron chi connectivity index (χ2n) is 8.17. The quantitative estimate of drug-likeness (QED) is 0.519. The molecule has 31 heavy (non-hydrogen) atoms. The van der Waals surface area contributed by atoms with Crippen LogP contribution in [0.2, 0.25) is 0 Å². The summed E-state index contributed by atoms with van der Waals surface area (Å²) in [6, 6.07) is 20.6. The van der Waals surface area contributed by atoms with Gasteiger partial charge in [0.2, 0.25) is 0 Å². The Morgan fingerprint density at radius 3 is 2.35 bits per heavy atom. The van der Waals surface area contributed by atoms with Gasteiger partial charge in [0.15, 0.2) is 0 Å². The average molecular weight is 412 g/mol. The second kappa shape index (κ2) is 7.96. The highest BCUT2D eigenvalue weighted by atomic mass is 16.4. The molecule has 2 heterocycles. The number of hydrogen-bond acceptors (Lipinski definition) is 4. The molecular weight excluding hydrogens is 388 g/mol. The second-order valence-corrected chi connectivity index (χ2v) is 8.17. The summed E-state index contributed by atoms with van der Waals surface area (Å²) in [5.41, 5.74) is 6.75. The van der Waals surface area contributed by atoms with Gasteiger partial charge in [-0.05, 0) is 71.9 Å². The molecule has 1 aromatic heterocycles. The molecule has 1 saturated heterocycles. The van der Waals surface area contributed by atoms with Crippen LogP contribution in [0.3, 0.4) is 0 Å². The van der Waals surface area contributed by atoms with Crippen LogP contribution in [-0.4, -0.2) is 44.1 Å². The molecule has 5 rings (SSSR count). The maximum absolute atomic E-state index is 11.7. The van der Waals surface area contributed by atoms with Crippen molar-refractivity contribution in [1.82, 2.24) is 19.9 Å². The van der Waals surface area contributed by atoms with Gasteiger partial charge in [0.25, 0.3) is 0 Å². The third-order valence-corrected chi connectivity index (χ3v) is 6.03. The number of carboxylic acids is 1. The van der Waals surface area contributed by atoms with Gasteiger partial charge in [0.1, 0.15) is 5.52 Å². The van der Waals surface area contributed by atoms with E-state index in [2.05, 4.69) is 51.6 Å². The Balaban J connectivity index is 1.45. The minimum absolute atomic E-state index is 0.166. The van der Waals surface area contributed by atoms with E-state index in [4.69, 9.17) is 0 Å². The zero-order valence-electron chi connectivity index (χ0n) is 17.5. The van der Waals surface area contributed by atoms with E-state index in [0.29, 0.717) is 11.0 Å². The summed E-state index contributed by atoms with van der Waals surface area (Å²) in [5.74, 6) is -1.00. The van der Waals surface area contributed by atoms with Crippen molar-refractivity contribution in [2.75, 3.05) is 13.1 Å². The molecule has 0 saturated carbocycles. The van der Waals surface area contributed by atoms with Crippen molar-refractivity contribution < 1.29 is 9.90 Å². The molecule has 0 aliphatic carbocycles. The first-order valence-corrected chi connectivity index (χ1v) is 10.6. The minimum atomic E-state index is -1.00. The fourth-order valence-electron chi connectivity index (χ4n) is 4.36. The van der Waals surface area contributed by atoms with Crippen LogP contribution in [0, 0.1) is 0 Å².